The number of carbonyl (C=O) groups is 1. The van der Waals surface area contributed by atoms with Gasteiger partial charge >= 0.3 is 0 Å². The molecule has 7 heteroatoms. The molecule has 0 atom stereocenters. The number of nitrogens with zero attached hydrogens (tertiary/aromatic N) is 4. The van der Waals surface area contributed by atoms with Gasteiger partial charge in [-0.1, -0.05) is 30.3 Å². The zero-order valence-corrected chi connectivity index (χ0v) is 18.3. The lowest BCUT2D eigenvalue weighted by Gasteiger charge is -2.22. The Labute approximate surface area is 187 Å². The second-order valence-electron chi connectivity index (χ2n) is 8.27. The van der Waals surface area contributed by atoms with Crippen LogP contribution in [0.1, 0.15) is 28.8 Å². The van der Waals surface area contributed by atoms with E-state index in [1.165, 1.54) is 22.4 Å². The molecular weight excluding hydrogens is 410 g/mol. The minimum absolute atomic E-state index is 0.132. The fraction of sp³-hybridized carbons (Fsp3) is 0.360. The largest absolute Gasteiger partial charge is 0.337 e. The number of rotatable bonds is 6. The highest BCUT2D eigenvalue weighted by Gasteiger charge is 2.26. The zero-order valence-electron chi connectivity index (χ0n) is 18.3. The third-order valence-electron chi connectivity index (χ3n) is 5.90. The van der Waals surface area contributed by atoms with E-state index in [2.05, 4.69) is 34.3 Å². The van der Waals surface area contributed by atoms with Crippen molar-refractivity contribution >= 4 is 5.91 Å². The van der Waals surface area contributed by atoms with Crippen molar-refractivity contribution in [1.29, 1.82) is 0 Å². The van der Waals surface area contributed by atoms with Crippen LogP contribution in [-0.4, -0.2) is 58.2 Å². The molecule has 1 fully saturated rings. The van der Waals surface area contributed by atoms with Crippen LogP contribution < -0.4 is 0 Å². The lowest BCUT2D eigenvalue weighted by Crippen LogP contribution is -2.35. The maximum Gasteiger partial charge on any atom is 0.257 e. The van der Waals surface area contributed by atoms with Gasteiger partial charge in [0.1, 0.15) is 17.3 Å². The first-order chi connectivity index (χ1) is 15.5. The molecule has 2 aromatic carbocycles. The smallest absolute Gasteiger partial charge is 0.257 e. The average molecular weight is 439 g/mol. The number of halogens is 2. The van der Waals surface area contributed by atoms with Gasteiger partial charge in [0.25, 0.3) is 5.91 Å². The van der Waals surface area contributed by atoms with Crippen molar-refractivity contribution in [2.75, 3.05) is 32.7 Å². The lowest BCUT2D eigenvalue weighted by atomic mass is 10.1. The molecule has 5 nitrogen and oxygen atoms in total. The summed E-state index contributed by atoms with van der Waals surface area (Å²) in [5, 5.41) is 4.29. The Morgan fingerprint density at radius 3 is 2.62 bits per heavy atom. The van der Waals surface area contributed by atoms with Crippen LogP contribution in [0.4, 0.5) is 8.78 Å². The second kappa shape index (κ2) is 10.0. The van der Waals surface area contributed by atoms with Crippen molar-refractivity contribution in [3.63, 3.8) is 0 Å². The van der Waals surface area contributed by atoms with Crippen LogP contribution in [0.25, 0.3) is 11.3 Å². The predicted molar refractivity (Wildman–Crippen MR) is 120 cm³/mol. The Balaban J connectivity index is 1.40. The molecule has 0 spiro atoms. The Morgan fingerprint density at radius 2 is 1.84 bits per heavy atom. The molecular formula is C25H28F2N4O. The fourth-order valence-corrected chi connectivity index (χ4v) is 4.24. The maximum atomic E-state index is 14.4. The van der Waals surface area contributed by atoms with Gasteiger partial charge < -0.3 is 9.80 Å². The lowest BCUT2D eigenvalue weighted by molar-refractivity contribution is 0.0762. The van der Waals surface area contributed by atoms with Gasteiger partial charge in [-0.2, -0.15) is 5.10 Å². The molecule has 0 aliphatic carbocycles. The van der Waals surface area contributed by atoms with Gasteiger partial charge in [-0.25, -0.2) is 8.78 Å². The number of hydrogen-bond donors (Lipinski definition) is 0. The van der Waals surface area contributed by atoms with E-state index < -0.39 is 11.6 Å². The van der Waals surface area contributed by atoms with Crippen LogP contribution in [0.2, 0.25) is 0 Å². The zero-order chi connectivity index (χ0) is 22.5. The Morgan fingerprint density at radius 1 is 1.03 bits per heavy atom. The minimum Gasteiger partial charge on any atom is -0.337 e. The van der Waals surface area contributed by atoms with Gasteiger partial charge in [0.2, 0.25) is 0 Å². The minimum atomic E-state index is -0.724. The third-order valence-corrected chi connectivity index (χ3v) is 5.90. The molecule has 1 aliphatic heterocycles. The quantitative estimate of drug-likeness (QED) is 0.581. The summed E-state index contributed by atoms with van der Waals surface area (Å²) in [4.78, 5) is 17.5. The molecule has 3 aromatic rings. The van der Waals surface area contributed by atoms with Crippen LogP contribution in [-0.2, 0) is 13.5 Å². The van der Waals surface area contributed by atoms with Gasteiger partial charge in [-0.3, -0.25) is 9.48 Å². The van der Waals surface area contributed by atoms with E-state index in [1.807, 2.05) is 11.0 Å². The number of carbonyl (C=O) groups excluding carboxylic acids is 1. The van der Waals surface area contributed by atoms with E-state index in [4.69, 9.17) is 0 Å². The van der Waals surface area contributed by atoms with Gasteiger partial charge in [0.05, 0.1) is 5.56 Å². The summed E-state index contributed by atoms with van der Waals surface area (Å²) in [5.74, 6) is -1.55. The summed E-state index contributed by atoms with van der Waals surface area (Å²) in [6.07, 6.45) is 4.62. The van der Waals surface area contributed by atoms with Gasteiger partial charge in [0, 0.05) is 44.5 Å². The van der Waals surface area contributed by atoms with E-state index in [0.717, 1.165) is 45.0 Å². The van der Waals surface area contributed by atoms with E-state index in [9.17, 15) is 13.6 Å². The first-order valence-electron chi connectivity index (χ1n) is 11.1. The molecule has 0 unspecified atom stereocenters. The predicted octanol–water partition coefficient (Wildman–Crippen LogP) is 4.15. The Hall–Kier alpha value is -3.06. The van der Waals surface area contributed by atoms with E-state index >= 15 is 0 Å². The van der Waals surface area contributed by atoms with E-state index in [-0.39, 0.29) is 17.2 Å². The fourth-order valence-electron chi connectivity index (χ4n) is 4.24. The number of aryl methyl sites for hydroxylation is 2. The molecule has 0 radical (unpaired) electrons. The van der Waals surface area contributed by atoms with Crippen LogP contribution in [0.15, 0.2) is 54.7 Å². The standard InChI is InChI=1S/C25H28F2N4O/c1-29-18-22(24(28-29)21-11-10-20(26)17-23(21)27)25(32)31-14-6-13-30(15-16-31)12-5-9-19-7-3-2-4-8-19/h2-4,7-8,10-11,17-18H,5-6,9,12-16H2,1H3. The van der Waals surface area contributed by atoms with Crippen LogP contribution in [0.3, 0.4) is 0 Å². The summed E-state index contributed by atoms with van der Waals surface area (Å²) < 4.78 is 29.2. The normalized spacial score (nSPS) is 15.0. The molecule has 0 N–H and O–H groups in total. The summed E-state index contributed by atoms with van der Waals surface area (Å²) >= 11 is 0. The Bertz CT molecular complexity index is 1070. The summed E-state index contributed by atoms with van der Waals surface area (Å²) in [5.41, 5.74) is 2.07. The number of aromatic nitrogens is 2. The number of benzene rings is 2. The Kier molecular flexibility index (Phi) is 6.95. The molecule has 32 heavy (non-hydrogen) atoms. The van der Waals surface area contributed by atoms with Crippen LogP contribution in [0.5, 0.6) is 0 Å². The molecule has 1 amide bonds. The highest BCUT2D eigenvalue weighted by atomic mass is 19.1. The molecule has 1 aromatic heterocycles. The molecule has 168 valence electrons. The number of amides is 1. The molecule has 1 aliphatic rings. The van der Waals surface area contributed by atoms with Crippen molar-refractivity contribution in [3.8, 4) is 11.3 Å². The van der Waals surface area contributed by atoms with Gasteiger partial charge in [-0.05, 0) is 50.0 Å². The summed E-state index contributed by atoms with van der Waals surface area (Å²) in [6.45, 7) is 4.01. The average Bonchev–Trinajstić information content (AvgIpc) is 3.01. The first-order valence-corrected chi connectivity index (χ1v) is 11.1. The van der Waals surface area contributed by atoms with Crippen molar-refractivity contribution in [3.05, 3.63) is 77.5 Å². The van der Waals surface area contributed by atoms with Crippen molar-refractivity contribution in [1.82, 2.24) is 19.6 Å². The highest BCUT2D eigenvalue weighted by molar-refractivity contribution is 5.99. The SMILES string of the molecule is Cn1cc(C(=O)N2CCCN(CCCc3ccccc3)CC2)c(-c2ccc(F)cc2F)n1. The molecule has 2 heterocycles. The van der Waals surface area contributed by atoms with E-state index in [0.29, 0.717) is 18.7 Å². The third kappa shape index (κ3) is 5.22. The first kappa shape index (κ1) is 22.1. The van der Waals surface area contributed by atoms with Crippen molar-refractivity contribution in [2.45, 2.75) is 19.3 Å². The van der Waals surface area contributed by atoms with Crippen LogP contribution >= 0.6 is 0 Å². The van der Waals surface area contributed by atoms with Gasteiger partial charge in [0.15, 0.2) is 0 Å². The van der Waals surface area contributed by atoms with Crippen LogP contribution in [0, 0.1) is 11.6 Å². The van der Waals surface area contributed by atoms with E-state index in [1.54, 1.807) is 13.2 Å². The topological polar surface area (TPSA) is 41.4 Å². The molecule has 1 saturated heterocycles. The van der Waals surface area contributed by atoms with Crippen molar-refractivity contribution in [2.24, 2.45) is 7.05 Å². The molecule has 0 saturated carbocycles. The number of hydrogen-bond acceptors (Lipinski definition) is 3. The summed E-state index contributed by atoms with van der Waals surface area (Å²) in [6, 6.07) is 13.8. The monoisotopic (exact) mass is 438 g/mol. The van der Waals surface area contributed by atoms with Gasteiger partial charge in [-0.15, -0.1) is 0 Å². The molecule has 0 bridgehead atoms. The summed E-state index contributed by atoms with van der Waals surface area (Å²) in [7, 11) is 1.69. The second-order valence-corrected chi connectivity index (χ2v) is 8.27. The van der Waals surface area contributed by atoms with Crippen molar-refractivity contribution < 1.29 is 13.6 Å². The molecule has 4 rings (SSSR count). The maximum absolute atomic E-state index is 14.4. The highest BCUT2D eigenvalue weighted by Crippen LogP contribution is 2.26.